The van der Waals surface area contributed by atoms with Crippen LogP contribution in [-0.4, -0.2) is 34.6 Å². The molecule has 8 heteroatoms. The van der Waals surface area contributed by atoms with Gasteiger partial charge in [-0.1, -0.05) is 48.6 Å². The predicted molar refractivity (Wildman–Crippen MR) is 103 cm³/mol. The van der Waals surface area contributed by atoms with Gasteiger partial charge in [0, 0.05) is 18.2 Å². The quantitative estimate of drug-likeness (QED) is 0.536. The number of aryl methyl sites for hydroxylation is 2. The standard InChI is InChI=1S/C20H17N7O/c1-13-17(14-9-6-10-14)20(28-11-16-21-12-26(2)24-16)25-27-18(13)22-23-19(27)15-7-4-3-5-8-15/h3-10,12H,11H2,1-2H3. The molecule has 0 atom stereocenters. The minimum absolute atomic E-state index is 0.228. The van der Waals surface area contributed by atoms with Gasteiger partial charge in [-0.25, -0.2) is 4.98 Å². The molecule has 28 heavy (non-hydrogen) atoms. The second kappa shape index (κ2) is 6.41. The van der Waals surface area contributed by atoms with Crippen molar-refractivity contribution in [3.8, 4) is 17.3 Å². The zero-order valence-corrected chi connectivity index (χ0v) is 15.4. The van der Waals surface area contributed by atoms with Crippen molar-refractivity contribution >= 4 is 11.2 Å². The monoisotopic (exact) mass is 371 g/mol. The molecule has 1 aliphatic rings. The Hall–Kier alpha value is -3.81. The number of ether oxygens (including phenoxy) is 1. The van der Waals surface area contributed by atoms with Crippen molar-refractivity contribution in [3.05, 3.63) is 71.8 Å². The van der Waals surface area contributed by atoms with Crippen molar-refractivity contribution in [1.29, 1.82) is 0 Å². The smallest absolute Gasteiger partial charge is 0.240 e. The molecule has 0 aliphatic heterocycles. The minimum Gasteiger partial charge on any atom is -0.468 e. The lowest BCUT2D eigenvalue weighted by Gasteiger charge is -2.16. The van der Waals surface area contributed by atoms with Crippen molar-refractivity contribution in [2.45, 2.75) is 13.5 Å². The van der Waals surface area contributed by atoms with Gasteiger partial charge in [0.2, 0.25) is 5.88 Å². The highest BCUT2D eigenvalue weighted by atomic mass is 16.5. The first-order valence-electron chi connectivity index (χ1n) is 8.88. The molecule has 3 aromatic heterocycles. The number of allylic oxidation sites excluding steroid dienone is 4. The Bertz CT molecular complexity index is 1230. The Balaban J connectivity index is 1.63. The molecule has 1 aliphatic carbocycles. The van der Waals surface area contributed by atoms with Gasteiger partial charge in [-0.05, 0) is 12.5 Å². The summed E-state index contributed by atoms with van der Waals surface area (Å²) in [6.07, 6.45) is 7.69. The lowest BCUT2D eigenvalue weighted by atomic mass is 9.97. The fourth-order valence-electron chi connectivity index (χ4n) is 3.17. The van der Waals surface area contributed by atoms with Crippen LogP contribution in [0.1, 0.15) is 17.0 Å². The highest BCUT2D eigenvalue weighted by Crippen LogP contribution is 2.34. The largest absolute Gasteiger partial charge is 0.468 e. The van der Waals surface area contributed by atoms with Crippen LogP contribution in [0.15, 0.2) is 54.9 Å². The second-order valence-electron chi connectivity index (χ2n) is 6.53. The Morgan fingerprint density at radius 3 is 2.57 bits per heavy atom. The highest BCUT2D eigenvalue weighted by Gasteiger charge is 2.22. The third-order valence-electron chi connectivity index (χ3n) is 4.61. The normalized spacial score (nSPS) is 12.9. The molecular formula is C20H17N7O. The van der Waals surface area contributed by atoms with Crippen LogP contribution in [0.25, 0.3) is 22.6 Å². The first kappa shape index (κ1) is 16.4. The van der Waals surface area contributed by atoms with Gasteiger partial charge in [-0.2, -0.15) is 9.61 Å². The summed E-state index contributed by atoms with van der Waals surface area (Å²) in [6, 6.07) is 9.86. The summed E-state index contributed by atoms with van der Waals surface area (Å²) in [5.41, 5.74) is 4.58. The van der Waals surface area contributed by atoms with Crippen LogP contribution in [0.3, 0.4) is 0 Å². The van der Waals surface area contributed by atoms with Gasteiger partial charge >= 0.3 is 0 Å². The van der Waals surface area contributed by atoms with E-state index in [1.165, 1.54) is 0 Å². The van der Waals surface area contributed by atoms with Gasteiger partial charge in [-0.15, -0.1) is 15.3 Å². The van der Waals surface area contributed by atoms with E-state index in [1.807, 2.05) is 62.5 Å². The van der Waals surface area contributed by atoms with E-state index in [-0.39, 0.29) is 6.61 Å². The van der Waals surface area contributed by atoms with Crippen molar-refractivity contribution in [2.24, 2.45) is 7.05 Å². The fourth-order valence-corrected chi connectivity index (χ4v) is 3.17. The summed E-state index contributed by atoms with van der Waals surface area (Å²) in [7, 11) is 1.82. The van der Waals surface area contributed by atoms with Crippen molar-refractivity contribution in [2.75, 3.05) is 0 Å². The van der Waals surface area contributed by atoms with Crippen LogP contribution >= 0.6 is 0 Å². The summed E-state index contributed by atoms with van der Waals surface area (Å²) in [5.74, 6) is 1.77. The maximum atomic E-state index is 6.04. The molecule has 0 fully saturated rings. The van der Waals surface area contributed by atoms with Crippen LogP contribution in [0, 0.1) is 6.92 Å². The van der Waals surface area contributed by atoms with Gasteiger partial charge in [0.25, 0.3) is 0 Å². The van der Waals surface area contributed by atoms with Crippen LogP contribution in [-0.2, 0) is 13.7 Å². The number of rotatable bonds is 5. The molecule has 0 saturated heterocycles. The Morgan fingerprint density at radius 1 is 1.07 bits per heavy atom. The molecule has 3 heterocycles. The summed E-state index contributed by atoms with van der Waals surface area (Å²) < 4.78 is 9.42. The molecule has 0 bridgehead atoms. The number of hydrogen-bond donors (Lipinski definition) is 0. The van der Waals surface area contributed by atoms with Crippen LogP contribution in [0.4, 0.5) is 0 Å². The SMILES string of the molecule is Cc1c(C2=CC=C2)c(OCc2ncn(C)n2)nn2c(-c3ccccc3)nnc12. The average molecular weight is 371 g/mol. The molecule has 1 aromatic carbocycles. The van der Waals surface area contributed by atoms with Crippen molar-refractivity contribution in [1.82, 2.24) is 34.6 Å². The first-order valence-corrected chi connectivity index (χ1v) is 8.88. The average Bonchev–Trinajstić information content (AvgIpc) is 3.28. The summed E-state index contributed by atoms with van der Waals surface area (Å²) in [4.78, 5) is 4.22. The molecule has 4 aromatic rings. The third kappa shape index (κ3) is 2.66. The van der Waals surface area contributed by atoms with Gasteiger partial charge < -0.3 is 4.74 Å². The van der Waals surface area contributed by atoms with E-state index >= 15 is 0 Å². The fraction of sp³-hybridized carbons (Fsp3) is 0.150. The number of aromatic nitrogens is 7. The predicted octanol–water partition coefficient (Wildman–Crippen LogP) is 2.76. The van der Waals surface area contributed by atoms with Gasteiger partial charge in [0.15, 0.2) is 23.9 Å². The van der Waals surface area contributed by atoms with Crippen LogP contribution in [0.5, 0.6) is 5.88 Å². The van der Waals surface area contributed by atoms with E-state index in [0.717, 1.165) is 22.3 Å². The Morgan fingerprint density at radius 2 is 1.89 bits per heavy atom. The molecule has 0 radical (unpaired) electrons. The maximum Gasteiger partial charge on any atom is 0.240 e. The lowest BCUT2D eigenvalue weighted by molar-refractivity contribution is 0.278. The highest BCUT2D eigenvalue weighted by molar-refractivity contribution is 5.86. The van der Waals surface area contributed by atoms with Gasteiger partial charge in [-0.3, -0.25) is 4.68 Å². The third-order valence-corrected chi connectivity index (χ3v) is 4.61. The summed E-state index contributed by atoms with van der Waals surface area (Å²) in [5, 5.41) is 17.7. The van der Waals surface area contributed by atoms with E-state index in [1.54, 1.807) is 15.5 Å². The number of nitrogens with zero attached hydrogens (tertiary/aromatic N) is 7. The molecule has 0 saturated carbocycles. The molecule has 0 amide bonds. The van der Waals surface area contributed by atoms with E-state index in [0.29, 0.717) is 23.2 Å². The summed E-state index contributed by atoms with van der Waals surface area (Å²) >= 11 is 0. The zero-order chi connectivity index (χ0) is 19.1. The molecule has 0 unspecified atom stereocenters. The molecule has 0 spiro atoms. The number of hydrogen-bond acceptors (Lipinski definition) is 6. The maximum absolute atomic E-state index is 6.04. The second-order valence-corrected chi connectivity index (χ2v) is 6.53. The lowest BCUT2D eigenvalue weighted by Crippen LogP contribution is -2.09. The molecule has 5 rings (SSSR count). The number of fused-ring (bicyclic) bond motifs is 1. The van der Waals surface area contributed by atoms with E-state index in [4.69, 9.17) is 9.84 Å². The number of benzene rings is 1. The molecule has 0 N–H and O–H groups in total. The van der Waals surface area contributed by atoms with E-state index in [9.17, 15) is 0 Å². The zero-order valence-electron chi connectivity index (χ0n) is 15.4. The molecule has 138 valence electrons. The van der Waals surface area contributed by atoms with Gasteiger partial charge in [0.05, 0.1) is 5.56 Å². The van der Waals surface area contributed by atoms with Crippen molar-refractivity contribution < 1.29 is 4.74 Å². The summed E-state index contributed by atoms with van der Waals surface area (Å²) in [6.45, 7) is 2.24. The van der Waals surface area contributed by atoms with E-state index < -0.39 is 0 Å². The van der Waals surface area contributed by atoms with Crippen molar-refractivity contribution in [3.63, 3.8) is 0 Å². The van der Waals surface area contributed by atoms with Crippen LogP contribution in [0.2, 0.25) is 0 Å². The molecule has 8 nitrogen and oxygen atoms in total. The minimum atomic E-state index is 0.228. The molecular weight excluding hydrogens is 354 g/mol. The Labute approximate surface area is 160 Å². The van der Waals surface area contributed by atoms with E-state index in [2.05, 4.69) is 20.3 Å². The first-order chi connectivity index (χ1) is 13.7. The van der Waals surface area contributed by atoms with Crippen LogP contribution < -0.4 is 4.74 Å². The Kier molecular flexibility index (Phi) is 3.75. The van der Waals surface area contributed by atoms with Gasteiger partial charge in [0.1, 0.15) is 6.33 Å². The topological polar surface area (TPSA) is 83.0 Å².